The third-order valence-corrected chi connectivity index (χ3v) is 1.65. The highest BCUT2D eigenvalue weighted by atomic mass is 16.2. The first-order valence-electron chi connectivity index (χ1n) is 3.95. The second kappa shape index (κ2) is 3.85. The number of carbonyl (C=O) groups is 1. The van der Waals surface area contributed by atoms with Crippen LogP contribution in [0.4, 0.5) is 4.79 Å². The van der Waals surface area contributed by atoms with Gasteiger partial charge >= 0.3 is 6.03 Å². The van der Waals surface area contributed by atoms with Crippen molar-refractivity contribution in [1.29, 1.82) is 0 Å². The van der Waals surface area contributed by atoms with Crippen LogP contribution in [0, 0.1) is 0 Å². The maximum absolute atomic E-state index is 11.5. The molecule has 0 atom stereocenters. The number of carbonyl (C=O) groups excluding carboxylic acids is 1. The number of aromatic nitrogens is 3. The molecule has 1 amide bonds. The molecule has 66 valence electrons. The molecule has 5 heteroatoms. The van der Waals surface area contributed by atoms with Crippen LogP contribution in [0.15, 0.2) is 12.4 Å². The first kappa shape index (κ1) is 8.70. The van der Waals surface area contributed by atoms with Crippen molar-refractivity contribution in [3.8, 4) is 0 Å². The van der Waals surface area contributed by atoms with Gasteiger partial charge in [-0.25, -0.2) is 4.79 Å². The maximum atomic E-state index is 11.5. The van der Waals surface area contributed by atoms with Crippen LogP contribution in [-0.2, 0) is 0 Å². The quantitative estimate of drug-likeness (QED) is 0.649. The van der Waals surface area contributed by atoms with E-state index < -0.39 is 0 Å². The normalized spacial score (nSPS) is 9.83. The van der Waals surface area contributed by atoms with Crippen molar-refractivity contribution >= 4 is 6.03 Å². The van der Waals surface area contributed by atoms with Crippen molar-refractivity contribution in [2.45, 2.75) is 13.8 Å². The second-order valence-corrected chi connectivity index (χ2v) is 2.30. The Balaban J connectivity index is 2.70. The lowest BCUT2D eigenvalue weighted by molar-refractivity contribution is 0.201. The standard InChI is InChI=1S/C7H12N4O/c1-3-10(4-2)7(12)11-6-5-8-9-11/h5-6H,3-4H2,1-2H3. The molecule has 1 rings (SSSR count). The van der Waals surface area contributed by atoms with Gasteiger partial charge in [0.1, 0.15) is 0 Å². The van der Waals surface area contributed by atoms with Crippen LogP contribution in [0.3, 0.4) is 0 Å². The van der Waals surface area contributed by atoms with E-state index in [9.17, 15) is 4.79 Å². The average molecular weight is 168 g/mol. The lowest BCUT2D eigenvalue weighted by Crippen LogP contribution is -2.34. The van der Waals surface area contributed by atoms with Gasteiger partial charge in [-0.15, -0.1) is 5.10 Å². The van der Waals surface area contributed by atoms with Crippen molar-refractivity contribution in [2.24, 2.45) is 0 Å². The molecule has 0 spiro atoms. The number of hydrogen-bond donors (Lipinski definition) is 0. The largest absolute Gasteiger partial charge is 0.346 e. The van der Waals surface area contributed by atoms with Crippen LogP contribution < -0.4 is 0 Å². The van der Waals surface area contributed by atoms with Crippen LogP contribution in [-0.4, -0.2) is 39.0 Å². The molecule has 0 aliphatic rings. The lowest BCUT2D eigenvalue weighted by atomic mass is 10.5. The highest BCUT2D eigenvalue weighted by Crippen LogP contribution is 1.92. The molecule has 0 saturated carbocycles. The van der Waals surface area contributed by atoms with Gasteiger partial charge in [0, 0.05) is 13.1 Å². The van der Waals surface area contributed by atoms with Gasteiger partial charge in [0.25, 0.3) is 0 Å². The summed E-state index contributed by atoms with van der Waals surface area (Å²) in [5, 5.41) is 7.17. The Morgan fingerprint density at radius 3 is 2.58 bits per heavy atom. The average Bonchev–Trinajstić information content (AvgIpc) is 2.58. The first-order valence-corrected chi connectivity index (χ1v) is 3.95. The Labute approximate surface area is 71.0 Å². The predicted octanol–water partition coefficient (Wildman–Crippen LogP) is 0.588. The fourth-order valence-electron chi connectivity index (χ4n) is 0.949. The van der Waals surface area contributed by atoms with Crippen molar-refractivity contribution in [2.75, 3.05) is 13.1 Å². The van der Waals surface area contributed by atoms with Crippen molar-refractivity contribution in [1.82, 2.24) is 19.9 Å². The van der Waals surface area contributed by atoms with Crippen LogP contribution in [0.25, 0.3) is 0 Å². The number of hydrogen-bond acceptors (Lipinski definition) is 3. The molecule has 0 unspecified atom stereocenters. The highest BCUT2D eigenvalue weighted by Gasteiger charge is 2.11. The molecule has 1 aromatic heterocycles. The monoisotopic (exact) mass is 168 g/mol. The Kier molecular flexibility index (Phi) is 2.79. The Morgan fingerprint density at radius 2 is 2.17 bits per heavy atom. The minimum atomic E-state index is -0.127. The van der Waals surface area contributed by atoms with E-state index >= 15 is 0 Å². The van der Waals surface area contributed by atoms with Crippen LogP contribution in [0.1, 0.15) is 13.8 Å². The van der Waals surface area contributed by atoms with E-state index in [0.717, 1.165) is 0 Å². The van der Waals surface area contributed by atoms with E-state index in [1.165, 1.54) is 10.9 Å². The summed E-state index contributed by atoms with van der Waals surface area (Å²) in [5.74, 6) is 0. The minimum Gasteiger partial charge on any atom is -0.323 e. The van der Waals surface area contributed by atoms with Gasteiger partial charge in [0.2, 0.25) is 0 Å². The Morgan fingerprint density at radius 1 is 1.50 bits per heavy atom. The number of nitrogens with zero attached hydrogens (tertiary/aromatic N) is 4. The van der Waals surface area contributed by atoms with Crippen LogP contribution >= 0.6 is 0 Å². The summed E-state index contributed by atoms with van der Waals surface area (Å²) in [6, 6.07) is -0.127. The van der Waals surface area contributed by atoms with Crippen molar-refractivity contribution in [3.05, 3.63) is 12.4 Å². The van der Waals surface area contributed by atoms with E-state index in [0.29, 0.717) is 13.1 Å². The first-order chi connectivity index (χ1) is 5.79. The fourth-order valence-corrected chi connectivity index (χ4v) is 0.949. The van der Waals surface area contributed by atoms with Gasteiger partial charge < -0.3 is 4.90 Å². The van der Waals surface area contributed by atoms with Crippen molar-refractivity contribution < 1.29 is 4.79 Å². The van der Waals surface area contributed by atoms with E-state index in [-0.39, 0.29) is 6.03 Å². The molecule has 0 aliphatic heterocycles. The fraction of sp³-hybridized carbons (Fsp3) is 0.571. The molecule has 0 aliphatic carbocycles. The molecular formula is C7H12N4O. The summed E-state index contributed by atoms with van der Waals surface area (Å²) in [4.78, 5) is 13.1. The third kappa shape index (κ3) is 1.61. The van der Waals surface area contributed by atoms with Gasteiger partial charge in [-0.2, -0.15) is 4.68 Å². The molecule has 0 saturated heterocycles. The number of rotatable bonds is 2. The zero-order valence-electron chi connectivity index (χ0n) is 7.27. The van der Waals surface area contributed by atoms with E-state index in [4.69, 9.17) is 0 Å². The summed E-state index contributed by atoms with van der Waals surface area (Å²) in [6.07, 6.45) is 3.03. The van der Waals surface area contributed by atoms with Gasteiger partial charge in [0.15, 0.2) is 0 Å². The smallest absolute Gasteiger partial charge is 0.323 e. The third-order valence-electron chi connectivity index (χ3n) is 1.65. The summed E-state index contributed by atoms with van der Waals surface area (Å²) in [6.45, 7) is 5.24. The zero-order valence-corrected chi connectivity index (χ0v) is 7.27. The van der Waals surface area contributed by atoms with E-state index in [1.54, 1.807) is 11.1 Å². The van der Waals surface area contributed by atoms with Gasteiger partial charge in [0.05, 0.1) is 12.4 Å². The van der Waals surface area contributed by atoms with Gasteiger partial charge in [-0.3, -0.25) is 0 Å². The predicted molar refractivity (Wildman–Crippen MR) is 43.7 cm³/mol. The highest BCUT2D eigenvalue weighted by molar-refractivity contribution is 5.75. The summed E-state index contributed by atoms with van der Waals surface area (Å²) in [5.41, 5.74) is 0. The molecule has 0 fully saturated rings. The molecule has 0 N–H and O–H groups in total. The van der Waals surface area contributed by atoms with E-state index in [2.05, 4.69) is 10.3 Å². The molecule has 0 aromatic carbocycles. The van der Waals surface area contributed by atoms with Gasteiger partial charge in [-0.1, -0.05) is 5.21 Å². The SMILES string of the molecule is CCN(CC)C(=O)n1ccnn1. The molecule has 1 heterocycles. The van der Waals surface area contributed by atoms with E-state index in [1.807, 2.05) is 13.8 Å². The Hall–Kier alpha value is -1.39. The van der Waals surface area contributed by atoms with Gasteiger partial charge in [-0.05, 0) is 13.8 Å². The zero-order chi connectivity index (χ0) is 8.97. The second-order valence-electron chi connectivity index (χ2n) is 2.30. The lowest BCUT2D eigenvalue weighted by Gasteiger charge is -2.16. The molecule has 0 radical (unpaired) electrons. The van der Waals surface area contributed by atoms with Crippen LogP contribution in [0.2, 0.25) is 0 Å². The molecule has 0 bridgehead atoms. The summed E-state index contributed by atoms with van der Waals surface area (Å²) >= 11 is 0. The topological polar surface area (TPSA) is 51.0 Å². The number of amides is 1. The molecule has 12 heavy (non-hydrogen) atoms. The Bertz CT molecular complexity index is 240. The minimum absolute atomic E-state index is 0.127. The van der Waals surface area contributed by atoms with Crippen LogP contribution in [0.5, 0.6) is 0 Å². The van der Waals surface area contributed by atoms with Crippen molar-refractivity contribution in [3.63, 3.8) is 0 Å². The summed E-state index contributed by atoms with van der Waals surface area (Å²) < 4.78 is 1.23. The maximum Gasteiger partial charge on any atom is 0.346 e. The molecular weight excluding hydrogens is 156 g/mol. The summed E-state index contributed by atoms with van der Waals surface area (Å²) in [7, 11) is 0. The molecule has 1 aromatic rings. The molecule has 5 nitrogen and oxygen atoms in total.